The van der Waals surface area contributed by atoms with Crippen molar-refractivity contribution in [1.82, 2.24) is 14.7 Å². The van der Waals surface area contributed by atoms with E-state index in [4.69, 9.17) is 11.6 Å². The summed E-state index contributed by atoms with van der Waals surface area (Å²) >= 11 is 6.49. The van der Waals surface area contributed by atoms with Crippen LogP contribution >= 0.6 is 11.6 Å². The van der Waals surface area contributed by atoms with Crippen LogP contribution in [0.25, 0.3) is 5.69 Å². The van der Waals surface area contributed by atoms with Crippen LogP contribution in [0.3, 0.4) is 0 Å². The molecule has 1 atom stereocenters. The fraction of sp³-hybridized carbons (Fsp3) is 0.545. The molecule has 1 aromatic heterocycles. The lowest BCUT2D eigenvalue weighted by Crippen LogP contribution is -2.43. The van der Waals surface area contributed by atoms with Gasteiger partial charge in [0.15, 0.2) is 0 Å². The molecule has 3 heterocycles. The Balaban J connectivity index is 1.48. The second-order valence-electron chi connectivity index (χ2n) is 8.77. The van der Waals surface area contributed by atoms with E-state index in [0.29, 0.717) is 17.3 Å². The summed E-state index contributed by atoms with van der Waals surface area (Å²) in [7, 11) is 0. The zero-order valence-corrected chi connectivity index (χ0v) is 18.5. The summed E-state index contributed by atoms with van der Waals surface area (Å²) in [6.07, 6.45) is 6.43. The minimum atomic E-state index is -0.479. The molecule has 2 aromatic rings. The minimum Gasteiger partial charge on any atom is -0.369 e. The Hall–Kier alpha value is -2.45. The SMILES string of the molecule is CC1CCN(CC2CCCN(c3cnn(-c4ccc([N+](=O)[O-])cc4)c(=O)c3Cl)C2)CC1. The fourth-order valence-corrected chi connectivity index (χ4v) is 4.84. The first-order valence-corrected chi connectivity index (χ1v) is 11.3. The van der Waals surface area contributed by atoms with E-state index in [0.717, 1.165) is 32.0 Å². The molecule has 0 saturated carbocycles. The molecular weight excluding hydrogens is 418 g/mol. The summed E-state index contributed by atoms with van der Waals surface area (Å²) in [5.41, 5.74) is 0.656. The van der Waals surface area contributed by atoms with Crippen molar-refractivity contribution in [1.29, 1.82) is 0 Å². The first-order valence-electron chi connectivity index (χ1n) is 10.9. The van der Waals surface area contributed by atoms with E-state index in [1.54, 1.807) is 6.20 Å². The number of non-ortho nitro benzene ring substituents is 1. The van der Waals surface area contributed by atoms with Crippen molar-refractivity contribution in [3.8, 4) is 5.69 Å². The van der Waals surface area contributed by atoms with Crippen molar-refractivity contribution < 1.29 is 4.92 Å². The number of nitrogens with zero attached hydrogens (tertiary/aromatic N) is 5. The third kappa shape index (κ3) is 4.91. The van der Waals surface area contributed by atoms with Gasteiger partial charge in [-0.2, -0.15) is 9.78 Å². The van der Waals surface area contributed by atoms with Gasteiger partial charge < -0.3 is 9.80 Å². The smallest absolute Gasteiger partial charge is 0.292 e. The van der Waals surface area contributed by atoms with Crippen LogP contribution in [0.15, 0.2) is 35.3 Å². The monoisotopic (exact) mass is 445 g/mol. The molecule has 9 heteroatoms. The maximum atomic E-state index is 12.9. The summed E-state index contributed by atoms with van der Waals surface area (Å²) in [4.78, 5) is 28.0. The molecule has 0 bridgehead atoms. The molecule has 0 N–H and O–H groups in total. The number of likely N-dealkylation sites (tertiary alicyclic amines) is 1. The summed E-state index contributed by atoms with van der Waals surface area (Å²) in [6.45, 7) is 7.49. The normalized spacial score (nSPS) is 20.7. The van der Waals surface area contributed by atoms with Crippen LogP contribution in [0.1, 0.15) is 32.6 Å². The van der Waals surface area contributed by atoms with Gasteiger partial charge in [-0.05, 0) is 62.7 Å². The lowest BCUT2D eigenvalue weighted by Gasteiger charge is -2.38. The molecule has 166 valence electrons. The predicted octanol–water partition coefficient (Wildman–Crippen LogP) is 3.74. The molecule has 2 aliphatic rings. The summed E-state index contributed by atoms with van der Waals surface area (Å²) in [5, 5.41) is 15.3. The standard InChI is InChI=1S/C22H28ClN5O3/c1-16-8-11-25(12-9-16)14-17-3-2-10-26(15-17)20-13-24-27(22(29)21(20)23)18-4-6-19(7-5-18)28(30)31/h4-7,13,16-17H,2-3,8-12,14-15H2,1H3. The second-order valence-corrected chi connectivity index (χ2v) is 9.15. The molecule has 0 radical (unpaired) electrons. The Kier molecular flexibility index (Phi) is 6.57. The maximum absolute atomic E-state index is 12.9. The topological polar surface area (TPSA) is 84.5 Å². The Morgan fingerprint density at radius 2 is 1.87 bits per heavy atom. The summed E-state index contributed by atoms with van der Waals surface area (Å²) in [6, 6.07) is 5.70. The van der Waals surface area contributed by atoms with Crippen molar-refractivity contribution in [2.24, 2.45) is 11.8 Å². The predicted molar refractivity (Wildman–Crippen MR) is 121 cm³/mol. The molecule has 2 fully saturated rings. The van der Waals surface area contributed by atoms with Gasteiger partial charge in [0.1, 0.15) is 5.02 Å². The third-order valence-electron chi connectivity index (χ3n) is 6.46. The Labute approximate surface area is 186 Å². The van der Waals surface area contributed by atoms with Crippen LogP contribution in [-0.4, -0.2) is 52.3 Å². The highest BCUT2D eigenvalue weighted by atomic mass is 35.5. The molecule has 0 aliphatic carbocycles. The highest BCUT2D eigenvalue weighted by Gasteiger charge is 2.26. The van der Waals surface area contributed by atoms with E-state index in [1.165, 1.54) is 61.3 Å². The van der Waals surface area contributed by atoms with Crippen molar-refractivity contribution in [2.45, 2.75) is 32.6 Å². The lowest BCUT2D eigenvalue weighted by molar-refractivity contribution is -0.384. The number of rotatable bonds is 5. The van der Waals surface area contributed by atoms with Gasteiger partial charge in [0, 0.05) is 31.8 Å². The number of halogens is 1. The minimum absolute atomic E-state index is 0.0398. The molecule has 8 nitrogen and oxygen atoms in total. The van der Waals surface area contributed by atoms with Crippen LogP contribution in [0.2, 0.25) is 5.02 Å². The summed E-state index contributed by atoms with van der Waals surface area (Å²) in [5.74, 6) is 1.38. The van der Waals surface area contributed by atoms with Crippen LogP contribution in [0, 0.1) is 22.0 Å². The fourth-order valence-electron chi connectivity index (χ4n) is 4.59. The van der Waals surface area contributed by atoms with Crippen molar-refractivity contribution in [2.75, 3.05) is 37.6 Å². The van der Waals surface area contributed by atoms with E-state index in [9.17, 15) is 14.9 Å². The van der Waals surface area contributed by atoms with E-state index in [2.05, 4.69) is 21.8 Å². The summed E-state index contributed by atoms with van der Waals surface area (Å²) < 4.78 is 1.19. The zero-order chi connectivity index (χ0) is 22.0. The van der Waals surface area contributed by atoms with Gasteiger partial charge in [-0.25, -0.2) is 0 Å². The van der Waals surface area contributed by atoms with Gasteiger partial charge in [0.25, 0.3) is 11.2 Å². The molecule has 1 aromatic carbocycles. The molecule has 2 saturated heterocycles. The molecule has 1 unspecified atom stereocenters. The Morgan fingerprint density at radius 1 is 1.16 bits per heavy atom. The largest absolute Gasteiger partial charge is 0.369 e. The number of aromatic nitrogens is 2. The van der Waals surface area contributed by atoms with Crippen molar-refractivity contribution in [3.63, 3.8) is 0 Å². The molecule has 4 rings (SSSR count). The Bertz CT molecular complexity index is 986. The highest BCUT2D eigenvalue weighted by molar-refractivity contribution is 6.33. The van der Waals surface area contributed by atoms with Crippen molar-refractivity contribution in [3.05, 3.63) is 56.0 Å². The molecule has 0 amide bonds. The molecule has 2 aliphatic heterocycles. The van der Waals surface area contributed by atoms with Gasteiger partial charge in [-0.15, -0.1) is 0 Å². The van der Waals surface area contributed by atoms with E-state index < -0.39 is 10.5 Å². The zero-order valence-electron chi connectivity index (χ0n) is 17.7. The van der Waals surface area contributed by atoms with Gasteiger partial charge in [0.05, 0.1) is 22.5 Å². The van der Waals surface area contributed by atoms with Crippen LogP contribution < -0.4 is 10.5 Å². The second kappa shape index (κ2) is 9.36. The van der Waals surface area contributed by atoms with E-state index in [1.807, 2.05) is 0 Å². The number of piperidine rings is 2. The molecule has 31 heavy (non-hydrogen) atoms. The average Bonchev–Trinajstić information content (AvgIpc) is 2.77. The van der Waals surface area contributed by atoms with Gasteiger partial charge >= 0.3 is 0 Å². The van der Waals surface area contributed by atoms with Gasteiger partial charge in [-0.3, -0.25) is 14.9 Å². The first kappa shape index (κ1) is 21.8. The highest BCUT2D eigenvalue weighted by Crippen LogP contribution is 2.28. The number of hydrogen-bond acceptors (Lipinski definition) is 6. The number of nitro groups is 1. The van der Waals surface area contributed by atoms with Crippen LogP contribution in [-0.2, 0) is 0 Å². The Morgan fingerprint density at radius 3 is 2.55 bits per heavy atom. The maximum Gasteiger partial charge on any atom is 0.292 e. The molecule has 0 spiro atoms. The number of nitro benzene ring substituents is 1. The number of hydrogen-bond donors (Lipinski definition) is 0. The average molecular weight is 446 g/mol. The van der Waals surface area contributed by atoms with Gasteiger partial charge in [0.2, 0.25) is 0 Å². The van der Waals surface area contributed by atoms with Crippen LogP contribution in [0.5, 0.6) is 0 Å². The van der Waals surface area contributed by atoms with Crippen molar-refractivity contribution >= 4 is 23.0 Å². The van der Waals surface area contributed by atoms with Gasteiger partial charge in [-0.1, -0.05) is 18.5 Å². The lowest BCUT2D eigenvalue weighted by atomic mass is 9.94. The quantitative estimate of drug-likeness (QED) is 0.514. The molecular formula is C22H28ClN5O3. The van der Waals surface area contributed by atoms with Crippen LogP contribution in [0.4, 0.5) is 11.4 Å². The first-order chi connectivity index (χ1) is 14.9. The van der Waals surface area contributed by atoms with E-state index in [-0.39, 0.29) is 10.7 Å². The number of benzene rings is 1. The number of anilines is 1. The third-order valence-corrected chi connectivity index (χ3v) is 6.81. The van der Waals surface area contributed by atoms with E-state index >= 15 is 0 Å².